The highest BCUT2D eigenvalue weighted by molar-refractivity contribution is 7.18. The van der Waals surface area contributed by atoms with Crippen molar-refractivity contribution in [1.29, 1.82) is 0 Å². The van der Waals surface area contributed by atoms with E-state index in [-0.39, 0.29) is 5.56 Å². The minimum absolute atomic E-state index is 0.343. The zero-order valence-electron chi connectivity index (χ0n) is 7.53. The van der Waals surface area contributed by atoms with Crippen LogP contribution in [0.3, 0.4) is 0 Å². The first-order chi connectivity index (χ1) is 7.25. The van der Waals surface area contributed by atoms with Crippen molar-refractivity contribution in [2.75, 3.05) is 0 Å². The highest BCUT2D eigenvalue weighted by atomic mass is 32.1. The normalized spacial score (nSPS) is 11.2. The van der Waals surface area contributed by atoms with E-state index in [1.165, 1.54) is 11.3 Å². The van der Waals surface area contributed by atoms with Crippen LogP contribution in [0.5, 0.6) is 0 Å². The van der Waals surface area contributed by atoms with Crippen LogP contribution in [0.4, 0.5) is 0 Å². The summed E-state index contributed by atoms with van der Waals surface area (Å²) in [4.78, 5) is 27.5. The molecule has 1 aromatic carbocycles. The molecule has 0 amide bonds. The third-order valence-electron chi connectivity index (χ3n) is 2.33. The van der Waals surface area contributed by atoms with Crippen molar-refractivity contribution >= 4 is 32.3 Å². The maximum absolute atomic E-state index is 11.5. The lowest BCUT2D eigenvalue weighted by atomic mass is 10.2. The number of nitrogens with one attached hydrogen (secondary N) is 2. The van der Waals surface area contributed by atoms with Gasteiger partial charge in [-0.25, -0.2) is 4.79 Å². The summed E-state index contributed by atoms with van der Waals surface area (Å²) in [6.07, 6.45) is 0. The lowest BCUT2D eigenvalue weighted by Crippen LogP contribution is -2.21. The molecule has 15 heavy (non-hydrogen) atoms. The third-order valence-corrected chi connectivity index (χ3v) is 3.28. The van der Waals surface area contributed by atoms with Gasteiger partial charge >= 0.3 is 5.69 Å². The average molecular weight is 218 g/mol. The average Bonchev–Trinajstić information content (AvgIpc) is 2.65. The summed E-state index contributed by atoms with van der Waals surface area (Å²) in [5.41, 5.74) is -0.186. The van der Waals surface area contributed by atoms with Gasteiger partial charge in [0.15, 0.2) is 0 Å². The molecule has 0 radical (unpaired) electrons. The van der Waals surface area contributed by atoms with Crippen LogP contribution >= 0.6 is 11.3 Å². The topological polar surface area (TPSA) is 65.7 Å². The van der Waals surface area contributed by atoms with Gasteiger partial charge in [-0.3, -0.25) is 9.78 Å². The molecule has 0 aliphatic rings. The summed E-state index contributed by atoms with van der Waals surface area (Å²) in [6, 6.07) is 5.56. The molecule has 0 saturated heterocycles. The maximum Gasteiger partial charge on any atom is 0.326 e. The number of aromatic nitrogens is 2. The van der Waals surface area contributed by atoms with Crippen molar-refractivity contribution < 1.29 is 0 Å². The van der Waals surface area contributed by atoms with Crippen LogP contribution in [0.1, 0.15) is 0 Å². The summed E-state index contributed by atoms with van der Waals surface area (Å²) in [6.45, 7) is 0. The Bertz CT molecular complexity index is 766. The molecule has 2 N–H and O–H groups in total. The van der Waals surface area contributed by atoms with Crippen molar-refractivity contribution in [3.8, 4) is 0 Å². The van der Waals surface area contributed by atoms with Gasteiger partial charge in [0.25, 0.3) is 5.56 Å². The molecule has 3 rings (SSSR count). The number of benzene rings is 1. The molecular formula is C10H6N2O2S. The van der Waals surface area contributed by atoms with Crippen molar-refractivity contribution in [2.24, 2.45) is 0 Å². The van der Waals surface area contributed by atoms with Gasteiger partial charge in [0.2, 0.25) is 0 Å². The van der Waals surface area contributed by atoms with Crippen molar-refractivity contribution in [3.05, 3.63) is 44.4 Å². The largest absolute Gasteiger partial charge is 0.326 e. The van der Waals surface area contributed by atoms with Crippen LogP contribution in [0, 0.1) is 0 Å². The fraction of sp³-hybridized carbons (Fsp3) is 0. The van der Waals surface area contributed by atoms with Gasteiger partial charge in [-0.15, -0.1) is 11.3 Å². The quantitative estimate of drug-likeness (QED) is 0.599. The Morgan fingerprint density at radius 3 is 2.80 bits per heavy atom. The van der Waals surface area contributed by atoms with Crippen molar-refractivity contribution in [3.63, 3.8) is 0 Å². The summed E-state index contributed by atoms with van der Waals surface area (Å²) < 4.78 is 0.940. The second-order valence-corrected chi connectivity index (χ2v) is 4.15. The number of fused-ring (bicyclic) bond motifs is 3. The molecule has 5 heteroatoms. The first-order valence-electron chi connectivity index (χ1n) is 4.38. The summed E-state index contributed by atoms with van der Waals surface area (Å²) in [7, 11) is 0. The SMILES string of the molecule is O=c1[nH]c(=O)c2ccc3ccsc3c2[nH]1. The Morgan fingerprint density at radius 2 is 1.93 bits per heavy atom. The number of H-pyrrole nitrogens is 2. The Labute approximate surface area is 87.2 Å². The lowest BCUT2D eigenvalue weighted by molar-refractivity contribution is 1.09. The zero-order valence-corrected chi connectivity index (χ0v) is 8.35. The minimum Gasteiger partial charge on any atom is -0.305 e. The van der Waals surface area contributed by atoms with Crippen LogP contribution < -0.4 is 11.2 Å². The smallest absolute Gasteiger partial charge is 0.305 e. The second-order valence-electron chi connectivity index (χ2n) is 3.24. The molecular weight excluding hydrogens is 212 g/mol. The molecule has 0 aliphatic carbocycles. The minimum atomic E-state index is -0.464. The van der Waals surface area contributed by atoms with E-state index in [0.29, 0.717) is 10.9 Å². The third kappa shape index (κ3) is 1.13. The molecule has 74 valence electrons. The molecule has 3 aromatic rings. The summed E-state index contributed by atoms with van der Waals surface area (Å²) in [5, 5.41) is 3.49. The Balaban J connectivity index is 2.74. The van der Waals surface area contributed by atoms with Crippen LogP contribution in [0.15, 0.2) is 33.2 Å². The summed E-state index contributed by atoms with van der Waals surface area (Å²) in [5.74, 6) is 0. The Morgan fingerprint density at radius 1 is 1.07 bits per heavy atom. The van der Waals surface area contributed by atoms with E-state index < -0.39 is 5.69 Å². The first-order valence-corrected chi connectivity index (χ1v) is 5.26. The standard InChI is InChI=1S/C10H6N2O2S/c13-9-6-2-1-5-3-4-15-8(5)7(6)11-10(14)12-9/h1-4H,(H2,11,12,13,14). The van der Waals surface area contributed by atoms with Gasteiger partial charge in [-0.2, -0.15) is 0 Å². The molecule has 0 spiro atoms. The molecule has 4 nitrogen and oxygen atoms in total. The van der Waals surface area contributed by atoms with E-state index in [1.54, 1.807) is 6.07 Å². The van der Waals surface area contributed by atoms with Gasteiger partial charge in [0.05, 0.1) is 15.6 Å². The first kappa shape index (κ1) is 8.43. The van der Waals surface area contributed by atoms with E-state index in [9.17, 15) is 9.59 Å². The van der Waals surface area contributed by atoms with E-state index in [0.717, 1.165) is 10.1 Å². The van der Waals surface area contributed by atoms with Crippen LogP contribution in [-0.2, 0) is 0 Å². The van der Waals surface area contributed by atoms with Crippen molar-refractivity contribution in [2.45, 2.75) is 0 Å². The monoisotopic (exact) mass is 218 g/mol. The van der Waals surface area contributed by atoms with Gasteiger partial charge in [0.1, 0.15) is 0 Å². The molecule has 2 aromatic heterocycles. The van der Waals surface area contributed by atoms with E-state index in [4.69, 9.17) is 0 Å². The molecule has 0 atom stereocenters. The maximum atomic E-state index is 11.5. The number of rotatable bonds is 0. The predicted octanol–water partition coefficient (Wildman–Crippen LogP) is 1.43. The number of thiophene rings is 1. The van der Waals surface area contributed by atoms with Gasteiger partial charge in [0, 0.05) is 0 Å². The van der Waals surface area contributed by atoms with E-state index in [1.807, 2.05) is 17.5 Å². The molecule has 0 unspecified atom stereocenters. The number of hydrogen-bond acceptors (Lipinski definition) is 3. The fourth-order valence-corrected chi connectivity index (χ4v) is 2.56. The molecule has 0 aliphatic heterocycles. The molecule has 0 fully saturated rings. The molecule has 0 saturated carbocycles. The Kier molecular flexibility index (Phi) is 1.58. The number of aromatic amines is 2. The predicted molar refractivity (Wildman–Crippen MR) is 60.6 cm³/mol. The van der Waals surface area contributed by atoms with Crippen LogP contribution in [0.2, 0.25) is 0 Å². The second kappa shape index (κ2) is 2.80. The van der Waals surface area contributed by atoms with Crippen LogP contribution in [0.25, 0.3) is 21.0 Å². The lowest BCUT2D eigenvalue weighted by Gasteiger charge is -1.97. The molecule has 2 heterocycles. The van der Waals surface area contributed by atoms with Crippen LogP contribution in [-0.4, -0.2) is 9.97 Å². The van der Waals surface area contributed by atoms with E-state index in [2.05, 4.69) is 9.97 Å². The summed E-state index contributed by atoms with van der Waals surface area (Å²) >= 11 is 1.51. The van der Waals surface area contributed by atoms with Gasteiger partial charge in [-0.05, 0) is 22.9 Å². The number of hydrogen-bond donors (Lipinski definition) is 2. The highest BCUT2D eigenvalue weighted by Crippen LogP contribution is 2.25. The Hall–Kier alpha value is -1.88. The zero-order chi connectivity index (χ0) is 10.4. The van der Waals surface area contributed by atoms with Gasteiger partial charge < -0.3 is 4.98 Å². The van der Waals surface area contributed by atoms with Crippen molar-refractivity contribution in [1.82, 2.24) is 9.97 Å². The van der Waals surface area contributed by atoms with E-state index >= 15 is 0 Å². The highest BCUT2D eigenvalue weighted by Gasteiger charge is 2.05. The fourth-order valence-electron chi connectivity index (χ4n) is 1.66. The van der Waals surface area contributed by atoms with Gasteiger partial charge in [-0.1, -0.05) is 6.07 Å². The molecule has 0 bridgehead atoms.